The Kier molecular flexibility index (Phi) is 6.00. The highest BCUT2D eigenvalue weighted by molar-refractivity contribution is 9.10. The van der Waals surface area contributed by atoms with Crippen LogP contribution in [-0.4, -0.2) is 29.4 Å². The molecular formula is C11H14BrN3O2S. The van der Waals surface area contributed by atoms with Gasteiger partial charge in [0, 0.05) is 0 Å². The van der Waals surface area contributed by atoms with E-state index < -0.39 is 0 Å². The molecule has 3 N–H and O–H groups in total. The van der Waals surface area contributed by atoms with E-state index in [9.17, 15) is 5.11 Å². The topological polar surface area (TPSA) is 80.2 Å². The molecule has 0 saturated heterocycles. The predicted molar refractivity (Wildman–Crippen MR) is 79.7 cm³/mol. The Labute approximate surface area is 118 Å². The molecule has 0 amide bonds. The van der Waals surface area contributed by atoms with Crippen LogP contribution in [0.15, 0.2) is 26.8 Å². The number of thioether (sulfide) groups is 1. The number of hydrogen-bond donors (Lipinski definition) is 2. The highest BCUT2D eigenvalue weighted by atomic mass is 79.9. The third kappa shape index (κ3) is 4.23. The fraction of sp³-hybridized carbons (Fsp3) is 0.273. The van der Waals surface area contributed by atoms with E-state index in [-0.39, 0.29) is 5.75 Å². The summed E-state index contributed by atoms with van der Waals surface area (Å²) in [5.41, 5.74) is 6.33. The number of rotatable bonds is 4. The molecule has 7 heteroatoms. The molecule has 0 bridgehead atoms. The molecule has 0 aromatic heterocycles. The van der Waals surface area contributed by atoms with Gasteiger partial charge in [-0.3, -0.25) is 0 Å². The molecule has 5 nitrogen and oxygen atoms in total. The summed E-state index contributed by atoms with van der Waals surface area (Å²) >= 11 is 4.65. The quantitative estimate of drug-likeness (QED) is 0.504. The van der Waals surface area contributed by atoms with Gasteiger partial charge in [0.15, 0.2) is 16.7 Å². The number of hydrogen-bond acceptors (Lipinski definition) is 5. The molecule has 0 aliphatic rings. The standard InChI is InChI=1S/C11H14BrN3O2S/c1-3-18-11(13)15-14-6-7-4-8(12)10(16)9(5-7)17-2/h4-6,16H,3H2,1-2H3,(H2,13,15)/b14-6-. The van der Waals surface area contributed by atoms with Crippen LogP contribution >= 0.6 is 27.7 Å². The molecule has 0 atom stereocenters. The minimum absolute atomic E-state index is 0.0548. The summed E-state index contributed by atoms with van der Waals surface area (Å²) in [5, 5.41) is 17.7. The second kappa shape index (κ2) is 7.27. The summed E-state index contributed by atoms with van der Waals surface area (Å²) in [4.78, 5) is 0. The van der Waals surface area contributed by atoms with Crippen LogP contribution in [0.5, 0.6) is 11.5 Å². The summed E-state index contributed by atoms with van der Waals surface area (Å²) < 4.78 is 5.56. The average molecular weight is 332 g/mol. The minimum atomic E-state index is 0.0548. The van der Waals surface area contributed by atoms with Crippen molar-refractivity contribution in [3.63, 3.8) is 0 Å². The first-order chi connectivity index (χ1) is 8.58. The number of phenols is 1. The van der Waals surface area contributed by atoms with Crippen molar-refractivity contribution in [1.82, 2.24) is 0 Å². The van der Waals surface area contributed by atoms with Gasteiger partial charge < -0.3 is 15.6 Å². The lowest BCUT2D eigenvalue weighted by atomic mass is 10.2. The predicted octanol–water partition coefficient (Wildman–Crippen LogP) is 2.57. The molecule has 98 valence electrons. The highest BCUT2D eigenvalue weighted by Gasteiger charge is 2.07. The Balaban J connectivity index is 2.88. The second-order valence-corrected chi connectivity index (χ2v) is 5.31. The molecule has 0 aliphatic carbocycles. The molecule has 0 heterocycles. The van der Waals surface area contributed by atoms with Crippen LogP contribution < -0.4 is 10.5 Å². The molecule has 0 saturated carbocycles. The molecular weight excluding hydrogens is 318 g/mol. The first-order valence-electron chi connectivity index (χ1n) is 5.14. The summed E-state index contributed by atoms with van der Waals surface area (Å²) in [6.45, 7) is 1.98. The van der Waals surface area contributed by atoms with Crippen molar-refractivity contribution in [3.05, 3.63) is 22.2 Å². The number of halogens is 1. The van der Waals surface area contributed by atoms with Crippen molar-refractivity contribution in [3.8, 4) is 11.5 Å². The van der Waals surface area contributed by atoms with E-state index >= 15 is 0 Å². The molecule has 0 spiro atoms. The Bertz CT molecular complexity index is 478. The number of ether oxygens (including phenoxy) is 1. The monoisotopic (exact) mass is 331 g/mol. The van der Waals surface area contributed by atoms with E-state index in [0.717, 1.165) is 11.3 Å². The van der Waals surface area contributed by atoms with Crippen molar-refractivity contribution in [2.45, 2.75) is 6.92 Å². The van der Waals surface area contributed by atoms with Crippen molar-refractivity contribution in [1.29, 1.82) is 0 Å². The summed E-state index contributed by atoms with van der Waals surface area (Å²) in [6.07, 6.45) is 1.54. The smallest absolute Gasteiger partial charge is 0.180 e. The summed E-state index contributed by atoms with van der Waals surface area (Å²) in [6, 6.07) is 3.36. The number of amidine groups is 1. The van der Waals surface area contributed by atoms with Crippen LogP contribution in [0.2, 0.25) is 0 Å². The van der Waals surface area contributed by atoms with E-state index in [0.29, 0.717) is 15.4 Å². The Morgan fingerprint density at radius 2 is 2.33 bits per heavy atom. The van der Waals surface area contributed by atoms with Crippen molar-refractivity contribution >= 4 is 39.1 Å². The van der Waals surface area contributed by atoms with E-state index in [2.05, 4.69) is 26.1 Å². The van der Waals surface area contributed by atoms with Gasteiger partial charge in [-0.2, -0.15) is 5.10 Å². The van der Waals surface area contributed by atoms with Crippen molar-refractivity contribution in [2.24, 2.45) is 15.9 Å². The van der Waals surface area contributed by atoms with E-state index in [4.69, 9.17) is 10.5 Å². The number of aromatic hydroxyl groups is 1. The molecule has 0 aliphatic heterocycles. The lowest BCUT2D eigenvalue weighted by Crippen LogP contribution is -2.05. The number of benzene rings is 1. The van der Waals surface area contributed by atoms with Crippen LogP contribution in [0.3, 0.4) is 0 Å². The fourth-order valence-electron chi connectivity index (χ4n) is 1.15. The number of methoxy groups -OCH3 is 1. The Hall–Kier alpha value is -1.21. The van der Waals surface area contributed by atoms with Gasteiger partial charge >= 0.3 is 0 Å². The lowest BCUT2D eigenvalue weighted by Gasteiger charge is -2.05. The lowest BCUT2D eigenvalue weighted by molar-refractivity contribution is 0.372. The maximum absolute atomic E-state index is 9.64. The fourth-order valence-corrected chi connectivity index (χ4v) is 2.01. The van der Waals surface area contributed by atoms with Gasteiger partial charge in [-0.15, -0.1) is 5.10 Å². The molecule has 1 rings (SSSR count). The Morgan fingerprint density at radius 3 is 2.94 bits per heavy atom. The first kappa shape index (κ1) is 14.8. The van der Waals surface area contributed by atoms with Crippen LogP contribution in [0.1, 0.15) is 12.5 Å². The number of nitrogens with two attached hydrogens (primary N) is 1. The van der Waals surface area contributed by atoms with Crippen molar-refractivity contribution < 1.29 is 9.84 Å². The zero-order chi connectivity index (χ0) is 13.5. The van der Waals surface area contributed by atoms with E-state index in [1.54, 1.807) is 12.1 Å². The molecule has 0 fully saturated rings. The third-order valence-electron chi connectivity index (χ3n) is 1.93. The van der Waals surface area contributed by atoms with Crippen LogP contribution in [-0.2, 0) is 0 Å². The SMILES string of the molecule is CCSC(N)=N/N=C\c1cc(Br)c(O)c(OC)c1. The maximum Gasteiger partial charge on any atom is 0.180 e. The van der Waals surface area contributed by atoms with E-state index in [1.807, 2.05) is 6.92 Å². The van der Waals surface area contributed by atoms with Gasteiger partial charge in [0.2, 0.25) is 0 Å². The number of phenolic OH excluding ortho intramolecular Hbond substituents is 1. The summed E-state index contributed by atoms with van der Waals surface area (Å²) in [5.74, 6) is 1.27. The zero-order valence-corrected chi connectivity index (χ0v) is 12.5. The molecule has 1 aromatic carbocycles. The largest absolute Gasteiger partial charge is 0.503 e. The van der Waals surface area contributed by atoms with Gasteiger partial charge in [-0.05, 0) is 39.4 Å². The summed E-state index contributed by atoms with van der Waals surface area (Å²) in [7, 11) is 1.48. The molecule has 0 radical (unpaired) electrons. The average Bonchev–Trinajstić information content (AvgIpc) is 2.33. The van der Waals surface area contributed by atoms with Crippen molar-refractivity contribution in [2.75, 3.05) is 12.9 Å². The van der Waals surface area contributed by atoms with Gasteiger partial charge in [-0.25, -0.2) is 0 Å². The normalized spacial score (nSPS) is 12.1. The first-order valence-corrected chi connectivity index (χ1v) is 6.92. The van der Waals surface area contributed by atoms with Gasteiger partial charge in [0.1, 0.15) is 0 Å². The molecule has 1 aromatic rings. The molecule has 18 heavy (non-hydrogen) atoms. The van der Waals surface area contributed by atoms with Crippen LogP contribution in [0.4, 0.5) is 0 Å². The molecule has 0 unspecified atom stereocenters. The van der Waals surface area contributed by atoms with Crippen LogP contribution in [0.25, 0.3) is 0 Å². The maximum atomic E-state index is 9.64. The van der Waals surface area contributed by atoms with Crippen LogP contribution in [0, 0.1) is 0 Å². The second-order valence-electron chi connectivity index (χ2n) is 3.17. The van der Waals surface area contributed by atoms with Gasteiger partial charge in [0.25, 0.3) is 0 Å². The van der Waals surface area contributed by atoms with Gasteiger partial charge in [-0.1, -0.05) is 18.7 Å². The Morgan fingerprint density at radius 1 is 1.61 bits per heavy atom. The van der Waals surface area contributed by atoms with E-state index in [1.165, 1.54) is 25.1 Å². The highest BCUT2D eigenvalue weighted by Crippen LogP contribution is 2.34. The zero-order valence-electron chi connectivity index (χ0n) is 10.1. The third-order valence-corrected chi connectivity index (χ3v) is 3.20. The minimum Gasteiger partial charge on any atom is -0.503 e. The number of nitrogens with zero attached hydrogens (tertiary/aromatic N) is 2. The van der Waals surface area contributed by atoms with Gasteiger partial charge in [0.05, 0.1) is 17.8 Å².